The summed E-state index contributed by atoms with van der Waals surface area (Å²) < 4.78 is 0. The predicted molar refractivity (Wildman–Crippen MR) is 68.7 cm³/mol. The Morgan fingerprint density at radius 1 is 1.18 bits per heavy atom. The lowest BCUT2D eigenvalue weighted by Crippen LogP contribution is -2.42. The van der Waals surface area contributed by atoms with Crippen molar-refractivity contribution < 1.29 is 9.90 Å². The highest BCUT2D eigenvalue weighted by Gasteiger charge is 2.39. The molecule has 0 amide bonds. The van der Waals surface area contributed by atoms with E-state index in [1.165, 1.54) is 19.3 Å². The number of aliphatic hydroxyl groups excluding tert-OH is 1. The number of hydrogen-bond donors (Lipinski definition) is 1. The van der Waals surface area contributed by atoms with Gasteiger partial charge in [-0.15, -0.1) is 0 Å². The van der Waals surface area contributed by atoms with Crippen molar-refractivity contribution in [3.8, 4) is 0 Å². The molecule has 2 saturated carbocycles. The van der Waals surface area contributed by atoms with Crippen molar-refractivity contribution >= 4 is 5.78 Å². The lowest BCUT2D eigenvalue weighted by molar-refractivity contribution is -0.134. The minimum Gasteiger partial charge on any atom is -0.392 e. The van der Waals surface area contributed by atoms with Crippen molar-refractivity contribution in [2.45, 2.75) is 70.8 Å². The van der Waals surface area contributed by atoms with E-state index >= 15 is 0 Å². The first kappa shape index (κ1) is 13.1. The second kappa shape index (κ2) is 5.99. The third kappa shape index (κ3) is 2.90. The molecule has 0 aromatic heterocycles. The van der Waals surface area contributed by atoms with Crippen molar-refractivity contribution in [3.63, 3.8) is 0 Å². The van der Waals surface area contributed by atoms with Crippen molar-refractivity contribution in [1.29, 1.82) is 0 Å². The highest BCUT2D eigenvalue weighted by atomic mass is 16.3. The molecule has 0 aliphatic heterocycles. The van der Waals surface area contributed by atoms with E-state index in [1.54, 1.807) is 0 Å². The molecule has 0 heterocycles. The molecule has 17 heavy (non-hydrogen) atoms. The summed E-state index contributed by atoms with van der Waals surface area (Å²) in [6.45, 7) is 2.16. The van der Waals surface area contributed by atoms with Crippen LogP contribution in [0.15, 0.2) is 0 Å². The Morgan fingerprint density at radius 2 is 1.88 bits per heavy atom. The smallest absolute Gasteiger partial charge is 0.138 e. The molecule has 98 valence electrons. The van der Waals surface area contributed by atoms with Gasteiger partial charge in [0.05, 0.1) is 6.10 Å². The molecule has 2 aliphatic rings. The number of ketones is 1. The Hall–Kier alpha value is -0.370. The Balaban J connectivity index is 2.03. The summed E-state index contributed by atoms with van der Waals surface area (Å²) in [7, 11) is 0. The van der Waals surface area contributed by atoms with E-state index in [-0.39, 0.29) is 12.0 Å². The highest BCUT2D eigenvalue weighted by molar-refractivity contribution is 5.82. The van der Waals surface area contributed by atoms with Crippen LogP contribution in [-0.4, -0.2) is 17.0 Å². The maximum atomic E-state index is 12.1. The zero-order valence-corrected chi connectivity index (χ0v) is 11.0. The molecule has 0 bridgehead atoms. The van der Waals surface area contributed by atoms with Gasteiger partial charge in [-0.1, -0.05) is 32.6 Å². The number of carbonyl (C=O) groups excluding carboxylic acids is 1. The predicted octanol–water partition coefficient (Wildman–Crippen LogP) is 3.32. The maximum Gasteiger partial charge on any atom is 0.138 e. The molecule has 0 radical (unpaired) electrons. The van der Waals surface area contributed by atoms with Crippen LogP contribution in [0.25, 0.3) is 0 Å². The molecular formula is C15H26O2. The van der Waals surface area contributed by atoms with Gasteiger partial charge < -0.3 is 5.11 Å². The zero-order valence-electron chi connectivity index (χ0n) is 11.0. The van der Waals surface area contributed by atoms with Gasteiger partial charge in [-0.3, -0.25) is 4.79 Å². The molecular weight excluding hydrogens is 212 g/mol. The van der Waals surface area contributed by atoms with Gasteiger partial charge in [0, 0.05) is 12.3 Å². The highest BCUT2D eigenvalue weighted by Crippen LogP contribution is 2.38. The van der Waals surface area contributed by atoms with E-state index < -0.39 is 0 Å². The molecule has 2 fully saturated rings. The molecule has 2 heteroatoms. The maximum absolute atomic E-state index is 12.1. The lowest BCUT2D eigenvalue weighted by atomic mass is 9.69. The van der Waals surface area contributed by atoms with Crippen LogP contribution >= 0.6 is 0 Å². The Morgan fingerprint density at radius 3 is 2.53 bits per heavy atom. The quantitative estimate of drug-likeness (QED) is 0.819. The van der Waals surface area contributed by atoms with Crippen LogP contribution in [0.4, 0.5) is 0 Å². The van der Waals surface area contributed by atoms with Crippen molar-refractivity contribution in [2.75, 3.05) is 0 Å². The lowest BCUT2D eigenvalue weighted by Gasteiger charge is -2.38. The van der Waals surface area contributed by atoms with Crippen LogP contribution in [-0.2, 0) is 4.79 Å². The topological polar surface area (TPSA) is 37.3 Å². The normalized spacial score (nSPS) is 33.6. The van der Waals surface area contributed by atoms with Gasteiger partial charge in [0.1, 0.15) is 5.78 Å². The van der Waals surface area contributed by atoms with E-state index in [2.05, 4.69) is 6.92 Å². The molecule has 0 spiro atoms. The molecule has 0 aromatic carbocycles. The molecule has 1 N–H and O–H groups in total. The largest absolute Gasteiger partial charge is 0.392 e. The Labute approximate surface area is 105 Å². The van der Waals surface area contributed by atoms with E-state index in [9.17, 15) is 9.90 Å². The first-order chi connectivity index (χ1) is 8.24. The van der Waals surface area contributed by atoms with E-state index in [1.807, 2.05) is 0 Å². The van der Waals surface area contributed by atoms with E-state index in [0.717, 1.165) is 32.1 Å². The minimum atomic E-state index is -0.354. The average Bonchev–Trinajstić information content (AvgIpc) is 2.38. The first-order valence-electron chi connectivity index (χ1n) is 7.44. The molecule has 0 unspecified atom stereocenters. The summed E-state index contributed by atoms with van der Waals surface area (Å²) >= 11 is 0. The van der Waals surface area contributed by atoms with Crippen molar-refractivity contribution in [3.05, 3.63) is 0 Å². The van der Waals surface area contributed by atoms with E-state index in [0.29, 0.717) is 24.0 Å². The Bertz CT molecular complexity index is 256. The summed E-state index contributed by atoms with van der Waals surface area (Å²) in [5.41, 5.74) is 0. The van der Waals surface area contributed by atoms with Crippen molar-refractivity contribution in [1.82, 2.24) is 0 Å². The number of hydrogen-bond acceptors (Lipinski definition) is 2. The standard InChI is InChI=1S/C15H26O2/c1-2-11-9-6-10-13(16)14(11)15(17)12-7-4-3-5-8-12/h11-12,14-15,17H,2-10H2,1H3/t11-,14-,15-/m1/s1. The fraction of sp³-hybridized carbons (Fsp3) is 0.933. The third-order valence-electron chi connectivity index (χ3n) is 4.90. The summed E-state index contributed by atoms with van der Waals surface area (Å²) in [4.78, 5) is 12.1. The van der Waals surface area contributed by atoms with Gasteiger partial charge >= 0.3 is 0 Å². The summed E-state index contributed by atoms with van der Waals surface area (Å²) in [5, 5.41) is 10.5. The SMILES string of the molecule is CC[C@@H]1CCCC(=O)[C@@H]1[C@H](O)C1CCCCC1. The molecule has 0 saturated heterocycles. The van der Waals surface area contributed by atoms with E-state index in [4.69, 9.17) is 0 Å². The van der Waals surface area contributed by atoms with Gasteiger partial charge in [0.2, 0.25) is 0 Å². The van der Waals surface area contributed by atoms with Gasteiger partial charge in [-0.05, 0) is 37.5 Å². The molecule has 2 nitrogen and oxygen atoms in total. The summed E-state index contributed by atoms with van der Waals surface area (Å²) in [6.07, 6.45) is 9.58. The van der Waals surface area contributed by atoms with Crippen LogP contribution in [0.3, 0.4) is 0 Å². The van der Waals surface area contributed by atoms with Gasteiger partial charge in [-0.25, -0.2) is 0 Å². The second-order valence-corrected chi connectivity index (χ2v) is 5.94. The van der Waals surface area contributed by atoms with Crippen LogP contribution in [0.2, 0.25) is 0 Å². The monoisotopic (exact) mass is 238 g/mol. The zero-order chi connectivity index (χ0) is 12.3. The first-order valence-corrected chi connectivity index (χ1v) is 7.44. The second-order valence-electron chi connectivity index (χ2n) is 5.94. The number of aliphatic hydroxyl groups is 1. The molecule has 2 aliphatic carbocycles. The van der Waals surface area contributed by atoms with Gasteiger partial charge in [-0.2, -0.15) is 0 Å². The number of carbonyl (C=O) groups is 1. The molecule has 0 aromatic rings. The van der Waals surface area contributed by atoms with Crippen molar-refractivity contribution in [2.24, 2.45) is 17.8 Å². The minimum absolute atomic E-state index is 0.0446. The summed E-state index contributed by atoms with van der Waals surface area (Å²) in [5.74, 6) is 1.12. The fourth-order valence-corrected chi connectivity index (χ4v) is 3.84. The molecule has 2 rings (SSSR count). The number of rotatable bonds is 3. The summed E-state index contributed by atoms with van der Waals surface area (Å²) in [6, 6.07) is 0. The number of Topliss-reactive ketones (excluding diaryl/α,β-unsaturated/α-hetero) is 1. The van der Waals surface area contributed by atoms with Gasteiger partial charge in [0.25, 0.3) is 0 Å². The molecule has 3 atom stereocenters. The van der Waals surface area contributed by atoms with Crippen LogP contribution in [0, 0.1) is 17.8 Å². The fourth-order valence-electron chi connectivity index (χ4n) is 3.84. The average molecular weight is 238 g/mol. The van der Waals surface area contributed by atoms with Crippen LogP contribution in [0.5, 0.6) is 0 Å². The van der Waals surface area contributed by atoms with Crippen LogP contribution in [0.1, 0.15) is 64.7 Å². The van der Waals surface area contributed by atoms with Crippen LogP contribution < -0.4 is 0 Å². The van der Waals surface area contributed by atoms with Gasteiger partial charge in [0.15, 0.2) is 0 Å². The Kier molecular flexibility index (Phi) is 4.61. The third-order valence-corrected chi connectivity index (χ3v) is 4.90.